The second kappa shape index (κ2) is 9.91. The molecule has 2 heterocycles. The molecule has 0 bridgehead atoms. The molecule has 0 fully saturated rings. The Morgan fingerprint density at radius 1 is 1.00 bits per heavy atom. The van der Waals surface area contributed by atoms with Crippen LogP contribution in [0.15, 0.2) is 78.9 Å². The van der Waals surface area contributed by atoms with E-state index in [0.29, 0.717) is 23.1 Å². The summed E-state index contributed by atoms with van der Waals surface area (Å²) in [4.78, 5) is 15.1. The van der Waals surface area contributed by atoms with Gasteiger partial charge in [0.05, 0.1) is 25.6 Å². The number of tetrazole rings is 1. The van der Waals surface area contributed by atoms with Gasteiger partial charge in [-0.25, -0.2) is 0 Å². The number of nitrogens with zero attached hydrogens (tertiary/aromatic N) is 5. The van der Waals surface area contributed by atoms with Crippen molar-refractivity contribution in [3.63, 3.8) is 0 Å². The molecule has 1 aromatic heterocycles. The normalized spacial score (nSPS) is 14.6. The zero-order chi connectivity index (χ0) is 25.1. The van der Waals surface area contributed by atoms with Crippen LogP contribution in [0.4, 0.5) is 11.6 Å². The number of fused-ring (bicyclic) bond motifs is 1. The van der Waals surface area contributed by atoms with Crippen molar-refractivity contribution in [1.82, 2.24) is 20.2 Å². The van der Waals surface area contributed by atoms with Gasteiger partial charge in [0.25, 0.3) is 5.95 Å². The molecule has 9 nitrogen and oxygen atoms in total. The molecule has 3 aromatic carbocycles. The Morgan fingerprint density at radius 2 is 1.78 bits per heavy atom. The molecule has 1 N–H and O–H groups in total. The number of ether oxygens (including phenoxy) is 2. The maximum atomic E-state index is 13.3. The van der Waals surface area contributed by atoms with E-state index in [1.807, 2.05) is 66.4 Å². The first kappa shape index (κ1) is 23.1. The SMILES string of the molecule is COc1ccc(NC(=O)CN2C(c3ccc(C)cc3)=C[C@@H](c3ccccc3)n3nnnc32)c(OC)c1. The fourth-order valence-electron chi connectivity index (χ4n) is 4.22. The molecule has 0 unspecified atom stereocenters. The number of anilines is 2. The highest BCUT2D eigenvalue weighted by Crippen LogP contribution is 2.36. The van der Waals surface area contributed by atoms with Crippen molar-refractivity contribution in [3.8, 4) is 11.5 Å². The van der Waals surface area contributed by atoms with E-state index in [9.17, 15) is 4.79 Å². The minimum Gasteiger partial charge on any atom is -0.497 e. The van der Waals surface area contributed by atoms with Gasteiger partial charge in [-0.3, -0.25) is 9.69 Å². The van der Waals surface area contributed by atoms with Crippen LogP contribution in [0.25, 0.3) is 5.70 Å². The van der Waals surface area contributed by atoms with E-state index in [0.717, 1.165) is 22.4 Å². The topological polar surface area (TPSA) is 94.4 Å². The van der Waals surface area contributed by atoms with Gasteiger partial charge in [0, 0.05) is 6.07 Å². The summed E-state index contributed by atoms with van der Waals surface area (Å²) < 4.78 is 12.4. The van der Waals surface area contributed by atoms with Crippen molar-refractivity contribution in [1.29, 1.82) is 0 Å². The summed E-state index contributed by atoms with van der Waals surface area (Å²) in [5, 5.41) is 15.4. The highest BCUT2D eigenvalue weighted by atomic mass is 16.5. The standard InChI is InChI=1S/C27H26N6O3/c1-18-9-11-20(12-10-18)23-16-24(19-7-5-4-6-8-19)33-27(29-30-31-33)32(23)17-26(34)28-22-14-13-21(35-2)15-25(22)36-3/h4-16,24H,17H2,1-3H3,(H,28,34)/t24-/m0/s1. The third-order valence-corrected chi connectivity index (χ3v) is 6.06. The molecule has 1 amide bonds. The Kier molecular flexibility index (Phi) is 6.36. The number of nitrogens with one attached hydrogen (secondary N) is 1. The lowest BCUT2D eigenvalue weighted by Gasteiger charge is -2.32. The average Bonchev–Trinajstić information content (AvgIpc) is 3.40. The molecule has 9 heteroatoms. The first-order chi connectivity index (χ1) is 17.6. The molecule has 1 aliphatic rings. The summed E-state index contributed by atoms with van der Waals surface area (Å²) in [6.45, 7) is 2.04. The van der Waals surface area contributed by atoms with Crippen molar-refractivity contribution >= 4 is 23.2 Å². The molecule has 36 heavy (non-hydrogen) atoms. The Hall–Kier alpha value is -4.66. The van der Waals surface area contributed by atoms with E-state index >= 15 is 0 Å². The number of hydrogen-bond donors (Lipinski definition) is 1. The molecule has 182 valence electrons. The average molecular weight is 483 g/mol. The van der Waals surface area contributed by atoms with E-state index in [1.54, 1.807) is 37.1 Å². The van der Waals surface area contributed by atoms with Gasteiger partial charge in [-0.2, -0.15) is 4.68 Å². The Morgan fingerprint density at radius 3 is 2.50 bits per heavy atom. The number of rotatable bonds is 7. The Bertz CT molecular complexity index is 1400. The lowest BCUT2D eigenvalue weighted by Crippen LogP contribution is -2.37. The van der Waals surface area contributed by atoms with Crippen molar-refractivity contribution < 1.29 is 14.3 Å². The lowest BCUT2D eigenvalue weighted by atomic mass is 10.00. The fraction of sp³-hybridized carbons (Fsp3) is 0.185. The largest absolute Gasteiger partial charge is 0.497 e. The van der Waals surface area contributed by atoms with Gasteiger partial charge in [0.2, 0.25) is 5.91 Å². The van der Waals surface area contributed by atoms with E-state index in [4.69, 9.17) is 9.47 Å². The molecule has 5 rings (SSSR count). The van der Waals surface area contributed by atoms with Gasteiger partial charge in [-0.05, 0) is 46.7 Å². The van der Waals surface area contributed by atoms with Crippen molar-refractivity contribution in [2.75, 3.05) is 31.0 Å². The van der Waals surface area contributed by atoms with Crippen molar-refractivity contribution in [2.24, 2.45) is 0 Å². The van der Waals surface area contributed by atoms with Crippen molar-refractivity contribution in [3.05, 3.63) is 95.6 Å². The summed E-state index contributed by atoms with van der Waals surface area (Å²) in [5.74, 6) is 1.38. The van der Waals surface area contributed by atoms with Crippen LogP contribution in [0.5, 0.6) is 11.5 Å². The van der Waals surface area contributed by atoms with Crippen LogP contribution in [0, 0.1) is 6.92 Å². The third kappa shape index (κ3) is 4.50. The molecule has 0 saturated carbocycles. The van der Waals surface area contributed by atoms with Gasteiger partial charge in [0.15, 0.2) is 0 Å². The number of allylic oxidation sites excluding steroid dienone is 1. The first-order valence-electron chi connectivity index (χ1n) is 11.5. The molecule has 4 aromatic rings. The number of methoxy groups -OCH3 is 2. The summed E-state index contributed by atoms with van der Waals surface area (Å²) >= 11 is 0. The summed E-state index contributed by atoms with van der Waals surface area (Å²) in [5.41, 5.74) is 4.55. The van der Waals surface area contributed by atoms with Gasteiger partial charge in [-0.1, -0.05) is 65.3 Å². The molecule has 0 saturated heterocycles. The van der Waals surface area contributed by atoms with Gasteiger partial charge in [0.1, 0.15) is 24.1 Å². The predicted molar refractivity (Wildman–Crippen MR) is 137 cm³/mol. The number of carbonyl (C=O) groups excluding carboxylic acids is 1. The Balaban J connectivity index is 1.51. The summed E-state index contributed by atoms with van der Waals surface area (Å²) in [6, 6.07) is 23.2. The van der Waals surface area contributed by atoms with Crippen molar-refractivity contribution in [2.45, 2.75) is 13.0 Å². The van der Waals surface area contributed by atoms with E-state index in [2.05, 4.69) is 26.9 Å². The van der Waals surface area contributed by atoms with Gasteiger partial charge in [-0.15, -0.1) is 0 Å². The molecular formula is C27H26N6O3. The monoisotopic (exact) mass is 482 g/mol. The number of carbonyl (C=O) groups is 1. The first-order valence-corrected chi connectivity index (χ1v) is 11.5. The maximum Gasteiger partial charge on any atom is 0.251 e. The van der Waals surface area contributed by atoms with E-state index < -0.39 is 0 Å². The summed E-state index contributed by atoms with van der Waals surface area (Å²) in [6.07, 6.45) is 2.09. The predicted octanol–water partition coefficient (Wildman–Crippen LogP) is 4.09. The second-order valence-corrected chi connectivity index (χ2v) is 8.40. The maximum absolute atomic E-state index is 13.3. The molecule has 1 atom stereocenters. The minimum atomic E-state index is -0.246. The Labute approximate surface area is 209 Å². The quantitative estimate of drug-likeness (QED) is 0.424. The number of aromatic nitrogens is 4. The minimum absolute atomic E-state index is 0.00320. The number of hydrogen-bond acceptors (Lipinski definition) is 7. The van der Waals surface area contributed by atoms with Crippen LogP contribution in [0.3, 0.4) is 0 Å². The third-order valence-electron chi connectivity index (χ3n) is 6.06. The molecule has 0 radical (unpaired) electrons. The van der Waals surface area contributed by atoms with E-state index in [1.165, 1.54) is 0 Å². The van der Waals surface area contributed by atoms with E-state index in [-0.39, 0.29) is 18.5 Å². The van der Waals surface area contributed by atoms with Crippen LogP contribution in [0.1, 0.15) is 22.7 Å². The van der Waals surface area contributed by atoms with Crippen LogP contribution < -0.4 is 19.7 Å². The smallest absolute Gasteiger partial charge is 0.251 e. The zero-order valence-electron chi connectivity index (χ0n) is 20.3. The molecule has 1 aliphatic heterocycles. The molecular weight excluding hydrogens is 456 g/mol. The van der Waals surface area contributed by atoms with Gasteiger partial charge < -0.3 is 14.8 Å². The zero-order valence-corrected chi connectivity index (χ0v) is 20.3. The highest BCUT2D eigenvalue weighted by Gasteiger charge is 2.32. The fourth-order valence-corrected chi connectivity index (χ4v) is 4.22. The van der Waals surface area contributed by atoms with Crippen LogP contribution in [0.2, 0.25) is 0 Å². The van der Waals surface area contributed by atoms with Gasteiger partial charge >= 0.3 is 0 Å². The lowest BCUT2D eigenvalue weighted by molar-refractivity contribution is -0.114. The second-order valence-electron chi connectivity index (χ2n) is 8.40. The van der Waals surface area contributed by atoms with Crippen LogP contribution in [-0.4, -0.2) is 46.9 Å². The van der Waals surface area contributed by atoms with Crippen LogP contribution in [-0.2, 0) is 4.79 Å². The summed E-state index contributed by atoms with van der Waals surface area (Å²) in [7, 11) is 3.13. The van der Waals surface area contributed by atoms with Crippen LogP contribution >= 0.6 is 0 Å². The number of benzene rings is 3. The highest BCUT2D eigenvalue weighted by molar-refractivity contribution is 5.98. The molecule has 0 aliphatic carbocycles. The number of amides is 1. The number of aryl methyl sites for hydroxylation is 1. The molecule has 0 spiro atoms.